The van der Waals surface area contributed by atoms with Crippen molar-refractivity contribution in [1.82, 2.24) is 13.8 Å². The van der Waals surface area contributed by atoms with Crippen LogP contribution in [0.2, 0.25) is 0 Å². The van der Waals surface area contributed by atoms with Gasteiger partial charge in [0, 0.05) is 47.1 Å². The highest BCUT2D eigenvalue weighted by atomic mass is 127. The monoisotopic (exact) mass is 721 g/mol. The maximum Gasteiger partial charge on any atom is 0.341 e. The highest BCUT2D eigenvalue weighted by Gasteiger charge is 2.59. The largest absolute Gasteiger partial charge is 0.458 e. The third-order valence-corrected chi connectivity index (χ3v) is 9.63. The van der Waals surface area contributed by atoms with Crippen molar-refractivity contribution in [3.05, 3.63) is 91.5 Å². The fourth-order valence-corrected chi connectivity index (χ4v) is 7.23. The molecule has 2 fully saturated rings. The van der Waals surface area contributed by atoms with E-state index in [4.69, 9.17) is 14.2 Å². The highest BCUT2D eigenvalue weighted by molar-refractivity contribution is 14.1. The fourth-order valence-electron chi connectivity index (χ4n) is 5.63. The molecule has 1 N–H and O–H groups in total. The van der Waals surface area contributed by atoms with E-state index in [0.29, 0.717) is 13.2 Å². The van der Waals surface area contributed by atoms with Crippen molar-refractivity contribution in [1.29, 1.82) is 0 Å². The molecule has 12 heteroatoms. The number of allylic oxidation sites excluding steroid dienone is 1. The molecule has 2 aromatic rings. The summed E-state index contributed by atoms with van der Waals surface area (Å²) < 4.78 is 20.9. The van der Waals surface area contributed by atoms with Crippen molar-refractivity contribution in [2.24, 2.45) is 5.92 Å². The van der Waals surface area contributed by atoms with E-state index in [0.717, 1.165) is 76.1 Å². The van der Waals surface area contributed by atoms with Crippen LogP contribution in [0.15, 0.2) is 69.8 Å². The third kappa shape index (κ3) is 7.83. The van der Waals surface area contributed by atoms with Gasteiger partial charge in [0.1, 0.15) is 12.7 Å². The summed E-state index contributed by atoms with van der Waals surface area (Å²) in [6.07, 6.45) is 7.96. The zero-order valence-electron chi connectivity index (χ0n) is 24.1. The first-order chi connectivity index (χ1) is 20.7. The van der Waals surface area contributed by atoms with Crippen molar-refractivity contribution in [2.75, 3.05) is 17.6 Å². The predicted molar refractivity (Wildman–Crippen MR) is 171 cm³/mol. The van der Waals surface area contributed by atoms with E-state index in [9.17, 15) is 19.2 Å². The molecule has 0 spiro atoms. The second-order valence-electron chi connectivity index (χ2n) is 11.3. The minimum absolute atomic E-state index is 0.0424. The first kappa shape index (κ1) is 31.6. The van der Waals surface area contributed by atoms with E-state index in [1.807, 2.05) is 24.3 Å². The Hall–Kier alpha value is -2.81. The molecule has 230 valence electrons. The van der Waals surface area contributed by atoms with Gasteiger partial charge >= 0.3 is 16.5 Å². The van der Waals surface area contributed by atoms with Crippen molar-refractivity contribution < 1.29 is 23.8 Å². The number of ether oxygens (including phenoxy) is 3. The van der Waals surface area contributed by atoms with Crippen LogP contribution in [0.5, 0.6) is 0 Å². The van der Waals surface area contributed by atoms with Gasteiger partial charge in [0.2, 0.25) is 5.91 Å². The Labute approximate surface area is 267 Å². The molecule has 3 heterocycles. The normalized spacial score (nSPS) is 26.3. The van der Waals surface area contributed by atoms with Gasteiger partial charge < -0.3 is 19.5 Å². The van der Waals surface area contributed by atoms with E-state index in [2.05, 4.69) is 47.5 Å². The van der Waals surface area contributed by atoms with Gasteiger partial charge in [-0.25, -0.2) is 18.1 Å². The lowest BCUT2D eigenvalue weighted by atomic mass is 9.84. The second kappa shape index (κ2) is 13.9. The number of esters is 1. The molecule has 0 unspecified atom stereocenters. The average Bonchev–Trinajstić information content (AvgIpc) is 3.41. The van der Waals surface area contributed by atoms with Gasteiger partial charge in [-0.05, 0) is 54.9 Å². The smallest absolute Gasteiger partial charge is 0.341 e. The Morgan fingerprint density at radius 1 is 1.23 bits per heavy atom. The third-order valence-electron chi connectivity index (χ3n) is 8.21. The molecule has 2 saturated heterocycles. The molecule has 0 bridgehead atoms. The molecule has 2 aliphatic heterocycles. The number of hydrogen-bond acceptors (Lipinski definition) is 8. The number of aryl methyl sites for hydroxylation is 1. The maximum absolute atomic E-state index is 12.4. The average molecular weight is 722 g/mol. The lowest BCUT2D eigenvalue weighted by Gasteiger charge is -2.21. The Balaban J connectivity index is 1.06. The van der Waals surface area contributed by atoms with Crippen LogP contribution < -0.4 is 15.9 Å². The summed E-state index contributed by atoms with van der Waals surface area (Å²) >= 11 is 3.10. The van der Waals surface area contributed by atoms with Crippen LogP contribution >= 0.6 is 34.1 Å². The summed E-state index contributed by atoms with van der Waals surface area (Å²) in [4.78, 5) is 49.0. The molecule has 3 aliphatic rings. The Bertz CT molecular complexity index is 1540. The van der Waals surface area contributed by atoms with Gasteiger partial charge in [-0.15, -0.1) is 0 Å². The molecule has 0 radical (unpaired) electrons. The van der Waals surface area contributed by atoms with Crippen LogP contribution in [0.1, 0.15) is 43.7 Å². The molecule has 4 atom stereocenters. The minimum Gasteiger partial charge on any atom is -0.458 e. The summed E-state index contributed by atoms with van der Waals surface area (Å²) in [5, 5.41) is 2.75. The van der Waals surface area contributed by atoms with Gasteiger partial charge in [-0.3, -0.25) is 9.59 Å². The van der Waals surface area contributed by atoms with Crippen LogP contribution in [0, 0.1) is 5.92 Å². The zero-order chi connectivity index (χ0) is 30.6. The lowest BCUT2D eigenvalue weighted by molar-refractivity contribution is -0.137. The topological polar surface area (TPSA) is 121 Å². The SMILES string of the molecule is C=C1CO[C@H]2[C@H]1CC/C(COC(=O)/C=C\C(=O)NCc1ccc(Cn3c(=O)sn(CCI)c3=O)cc1)=C\CC[C@@]1(C)O[C@@H]21. The van der Waals surface area contributed by atoms with Gasteiger partial charge in [0.15, 0.2) is 0 Å². The van der Waals surface area contributed by atoms with Crippen LogP contribution in [0.25, 0.3) is 0 Å². The molecule has 1 aliphatic carbocycles. The minimum atomic E-state index is -0.581. The van der Waals surface area contributed by atoms with Gasteiger partial charge in [0.05, 0.1) is 24.9 Å². The number of amides is 1. The Morgan fingerprint density at radius 3 is 2.77 bits per heavy atom. The van der Waals surface area contributed by atoms with Crippen LogP contribution in [-0.4, -0.2) is 55.9 Å². The first-order valence-electron chi connectivity index (χ1n) is 14.4. The summed E-state index contributed by atoms with van der Waals surface area (Å²) in [7, 11) is 0. The van der Waals surface area contributed by atoms with Gasteiger partial charge in [-0.2, -0.15) is 0 Å². The number of nitrogens with zero attached hydrogens (tertiary/aromatic N) is 2. The Kier molecular flexibility index (Phi) is 10.2. The van der Waals surface area contributed by atoms with Crippen molar-refractivity contribution in [3.8, 4) is 0 Å². The standard InChI is InChI=1S/C31H36IN3O7S/c1-20-18-41-27-24(20)10-9-23(4-3-13-31(2)28(27)42-31)19-40-26(37)12-11-25(36)33-16-21-5-7-22(8-6-21)17-34-29(38)35(15-14-32)43-30(34)39/h4-8,11-12,24,27-28H,1,3,9-10,13-19H2,2H3,(H,33,36)/b12-11-,23-4+/t24-,27-,28-,31+/m0/s1. The number of alkyl halides is 1. The lowest BCUT2D eigenvalue weighted by Crippen LogP contribution is -2.29. The Morgan fingerprint density at radius 2 is 2.00 bits per heavy atom. The number of hydrogen-bond donors (Lipinski definition) is 1. The predicted octanol–water partition coefficient (Wildman–Crippen LogP) is 3.50. The van der Waals surface area contributed by atoms with E-state index in [-0.39, 0.29) is 54.0 Å². The van der Waals surface area contributed by atoms with Gasteiger partial charge in [0.25, 0.3) is 0 Å². The molecule has 1 amide bonds. The highest BCUT2D eigenvalue weighted by Crippen LogP contribution is 2.49. The molecular weight excluding hydrogens is 685 g/mol. The number of benzene rings is 1. The van der Waals surface area contributed by atoms with Crippen LogP contribution in [0.3, 0.4) is 0 Å². The van der Waals surface area contributed by atoms with Gasteiger partial charge in [-0.1, -0.05) is 59.5 Å². The molecular formula is C31H36IN3O7S. The van der Waals surface area contributed by atoms with Crippen LogP contribution in [0.4, 0.5) is 0 Å². The van der Waals surface area contributed by atoms with Crippen molar-refractivity contribution >= 4 is 46.0 Å². The summed E-state index contributed by atoms with van der Waals surface area (Å²) in [5.74, 6) is -0.766. The number of nitrogens with one attached hydrogen (secondary N) is 1. The molecule has 5 rings (SSSR count). The fraction of sp³-hybridized carbons (Fsp3) is 0.484. The number of carbonyl (C=O) groups is 2. The summed E-state index contributed by atoms with van der Waals surface area (Å²) in [5.41, 5.74) is 3.31. The molecule has 0 saturated carbocycles. The van der Waals surface area contributed by atoms with E-state index >= 15 is 0 Å². The van der Waals surface area contributed by atoms with E-state index in [1.165, 1.54) is 8.52 Å². The quantitative estimate of drug-likeness (QED) is 0.0997. The number of halogens is 1. The number of aromatic nitrogens is 2. The molecule has 1 aromatic carbocycles. The molecule has 43 heavy (non-hydrogen) atoms. The van der Waals surface area contributed by atoms with E-state index < -0.39 is 11.9 Å². The summed E-state index contributed by atoms with van der Waals surface area (Å²) in [6.45, 7) is 8.02. The van der Waals surface area contributed by atoms with Crippen molar-refractivity contribution in [2.45, 2.75) is 70.1 Å². The van der Waals surface area contributed by atoms with Crippen molar-refractivity contribution in [3.63, 3.8) is 0 Å². The number of carbonyl (C=O) groups excluding carboxylic acids is 2. The number of rotatable bonds is 10. The summed E-state index contributed by atoms with van der Waals surface area (Å²) in [6, 6.07) is 7.29. The first-order valence-corrected chi connectivity index (χ1v) is 16.7. The molecule has 10 nitrogen and oxygen atoms in total. The second-order valence-corrected chi connectivity index (χ2v) is 13.4. The van der Waals surface area contributed by atoms with Crippen LogP contribution in [-0.2, 0) is 43.4 Å². The number of fused-ring (bicyclic) bond motifs is 3. The molecule has 1 aromatic heterocycles. The number of epoxide rings is 1. The van der Waals surface area contributed by atoms with E-state index in [1.54, 1.807) is 0 Å². The zero-order valence-corrected chi connectivity index (χ0v) is 27.1. The maximum atomic E-state index is 12.4.